The van der Waals surface area contributed by atoms with Crippen molar-refractivity contribution in [3.8, 4) is 0 Å². The van der Waals surface area contributed by atoms with E-state index in [1.807, 2.05) is 30.5 Å². The van der Waals surface area contributed by atoms with E-state index in [0.717, 1.165) is 29.5 Å². The van der Waals surface area contributed by atoms with Crippen LogP contribution in [0.1, 0.15) is 35.1 Å². The van der Waals surface area contributed by atoms with Crippen LogP contribution < -0.4 is 11.1 Å². The molecule has 1 amide bonds. The second-order valence-electron chi connectivity index (χ2n) is 6.97. The molecule has 3 N–H and O–H groups in total. The van der Waals surface area contributed by atoms with Crippen LogP contribution in [-0.4, -0.2) is 27.3 Å². The molecule has 0 bridgehead atoms. The number of non-ortho nitro benzene ring substituents is 1. The highest BCUT2D eigenvalue weighted by molar-refractivity contribution is 5.76. The summed E-state index contributed by atoms with van der Waals surface area (Å²) in [4.78, 5) is 30.5. The zero-order chi connectivity index (χ0) is 21.3. The summed E-state index contributed by atoms with van der Waals surface area (Å²) in [5.41, 5.74) is 8.33. The van der Waals surface area contributed by atoms with E-state index in [-0.39, 0.29) is 24.2 Å². The Morgan fingerprint density at radius 3 is 2.30 bits per heavy atom. The Bertz CT molecular complexity index is 965. The SMILES string of the molecule is NC(=O)CNC(c1ccc([N+](=O)[O-])cc1)C(CCc1cccnc1)c1cccnc1. The number of nitro benzene ring substituents is 1. The van der Waals surface area contributed by atoms with Crippen LogP contribution >= 0.6 is 0 Å². The summed E-state index contributed by atoms with van der Waals surface area (Å²) in [5.74, 6) is -0.515. The zero-order valence-electron chi connectivity index (χ0n) is 16.3. The minimum atomic E-state index is -0.473. The van der Waals surface area contributed by atoms with Crippen LogP contribution in [-0.2, 0) is 11.2 Å². The number of primary amides is 1. The maximum atomic E-state index is 11.5. The van der Waals surface area contributed by atoms with Crippen molar-refractivity contribution >= 4 is 11.6 Å². The summed E-state index contributed by atoms with van der Waals surface area (Å²) in [6.45, 7) is -0.00862. The Balaban J connectivity index is 1.94. The van der Waals surface area contributed by atoms with Crippen LogP contribution in [0.5, 0.6) is 0 Å². The molecule has 2 heterocycles. The first-order valence-corrected chi connectivity index (χ1v) is 9.59. The fourth-order valence-corrected chi connectivity index (χ4v) is 3.50. The lowest BCUT2D eigenvalue weighted by atomic mass is 9.83. The van der Waals surface area contributed by atoms with E-state index in [0.29, 0.717) is 0 Å². The number of carbonyl (C=O) groups excluding carboxylic acids is 1. The van der Waals surface area contributed by atoms with Gasteiger partial charge < -0.3 is 11.1 Å². The lowest BCUT2D eigenvalue weighted by Gasteiger charge is -2.29. The fourth-order valence-electron chi connectivity index (χ4n) is 3.50. The Kier molecular flexibility index (Phi) is 7.18. The number of rotatable bonds is 10. The van der Waals surface area contributed by atoms with E-state index in [1.54, 1.807) is 30.7 Å². The van der Waals surface area contributed by atoms with Gasteiger partial charge in [-0.2, -0.15) is 0 Å². The molecule has 0 aliphatic heterocycles. The predicted molar refractivity (Wildman–Crippen MR) is 113 cm³/mol. The zero-order valence-corrected chi connectivity index (χ0v) is 16.3. The number of aromatic nitrogens is 2. The van der Waals surface area contributed by atoms with E-state index in [2.05, 4.69) is 15.3 Å². The number of hydrogen-bond donors (Lipinski definition) is 2. The van der Waals surface area contributed by atoms with Gasteiger partial charge in [0.25, 0.3) is 5.69 Å². The quantitative estimate of drug-likeness (QED) is 0.395. The Morgan fingerprint density at radius 1 is 1.03 bits per heavy atom. The molecule has 154 valence electrons. The number of aryl methyl sites for hydroxylation is 1. The average Bonchev–Trinajstić information content (AvgIpc) is 2.77. The van der Waals surface area contributed by atoms with Crippen molar-refractivity contribution in [2.75, 3.05) is 6.54 Å². The standard InChI is InChI=1S/C22H23N5O3/c23-21(28)15-26-22(17-6-8-19(9-7-17)27(29)30)20(18-4-2-12-25-14-18)10-5-16-3-1-11-24-13-16/h1-4,6-9,11-14,20,22,26H,5,10,15H2,(H2,23,28). The monoisotopic (exact) mass is 405 g/mol. The summed E-state index contributed by atoms with van der Waals surface area (Å²) in [6, 6.07) is 13.9. The molecule has 0 radical (unpaired) electrons. The van der Waals surface area contributed by atoms with Crippen molar-refractivity contribution in [2.45, 2.75) is 24.8 Å². The van der Waals surface area contributed by atoms with Gasteiger partial charge in [0.2, 0.25) is 5.91 Å². The molecule has 8 heteroatoms. The largest absolute Gasteiger partial charge is 0.369 e. The van der Waals surface area contributed by atoms with Gasteiger partial charge in [-0.05, 0) is 41.7 Å². The smallest absolute Gasteiger partial charge is 0.269 e. The van der Waals surface area contributed by atoms with Gasteiger partial charge in [-0.25, -0.2) is 0 Å². The first-order valence-electron chi connectivity index (χ1n) is 9.59. The Morgan fingerprint density at radius 2 is 1.73 bits per heavy atom. The van der Waals surface area contributed by atoms with E-state index in [4.69, 9.17) is 5.73 Å². The van der Waals surface area contributed by atoms with Crippen molar-refractivity contribution in [1.29, 1.82) is 0 Å². The molecule has 0 saturated heterocycles. The number of benzene rings is 1. The molecule has 2 atom stereocenters. The number of hydrogen-bond acceptors (Lipinski definition) is 6. The van der Waals surface area contributed by atoms with Gasteiger partial charge in [0, 0.05) is 48.9 Å². The van der Waals surface area contributed by atoms with Gasteiger partial charge in [0.05, 0.1) is 11.5 Å². The molecule has 3 rings (SSSR count). The minimum Gasteiger partial charge on any atom is -0.369 e. The molecule has 0 fully saturated rings. The highest BCUT2D eigenvalue weighted by Gasteiger charge is 2.26. The third kappa shape index (κ3) is 5.68. The molecule has 8 nitrogen and oxygen atoms in total. The van der Waals surface area contributed by atoms with Crippen molar-refractivity contribution in [1.82, 2.24) is 15.3 Å². The molecule has 3 aromatic rings. The van der Waals surface area contributed by atoms with Crippen LogP contribution in [0, 0.1) is 10.1 Å². The topological polar surface area (TPSA) is 124 Å². The lowest BCUT2D eigenvalue weighted by Crippen LogP contribution is -2.35. The van der Waals surface area contributed by atoms with Crippen LogP contribution in [0.4, 0.5) is 5.69 Å². The number of nitrogens with one attached hydrogen (secondary N) is 1. The molecule has 30 heavy (non-hydrogen) atoms. The normalized spacial score (nSPS) is 12.8. The van der Waals surface area contributed by atoms with Crippen LogP contribution in [0.25, 0.3) is 0 Å². The summed E-state index contributed by atoms with van der Waals surface area (Å²) in [7, 11) is 0. The minimum absolute atomic E-state index is 0.00862. The number of pyridine rings is 2. The van der Waals surface area contributed by atoms with Gasteiger partial charge in [-0.15, -0.1) is 0 Å². The summed E-state index contributed by atoms with van der Waals surface area (Å²) < 4.78 is 0. The Hall–Kier alpha value is -3.65. The number of nitrogens with two attached hydrogens (primary N) is 1. The molecule has 0 saturated carbocycles. The molecule has 0 aliphatic rings. The molecular formula is C22H23N5O3. The second kappa shape index (κ2) is 10.2. The molecule has 0 spiro atoms. The summed E-state index contributed by atoms with van der Waals surface area (Å²) in [5, 5.41) is 14.3. The van der Waals surface area contributed by atoms with Gasteiger partial charge in [0.15, 0.2) is 0 Å². The maximum Gasteiger partial charge on any atom is 0.269 e. The third-order valence-corrected chi connectivity index (χ3v) is 4.94. The van der Waals surface area contributed by atoms with E-state index < -0.39 is 10.8 Å². The maximum absolute atomic E-state index is 11.5. The number of nitrogens with zero attached hydrogens (tertiary/aromatic N) is 3. The highest BCUT2D eigenvalue weighted by atomic mass is 16.6. The second-order valence-corrected chi connectivity index (χ2v) is 6.97. The third-order valence-electron chi connectivity index (χ3n) is 4.94. The predicted octanol–water partition coefficient (Wildman–Crippen LogP) is 2.92. The van der Waals surface area contributed by atoms with Gasteiger partial charge in [0.1, 0.15) is 0 Å². The molecular weight excluding hydrogens is 382 g/mol. The molecule has 1 aromatic carbocycles. The molecule has 2 aromatic heterocycles. The van der Waals surface area contributed by atoms with Crippen molar-refractivity contribution in [2.24, 2.45) is 5.73 Å². The van der Waals surface area contributed by atoms with Gasteiger partial charge in [-0.3, -0.25) is 24.9 Å². The van der Waals surface area contributed by atoms with Crippen LogP contribution in [0.2, 0.25) is 0 Å². The van der Waals surface area contributed by atoms with E-state index >= 15 is 0 Å². The highest BCUT2D eigenvalue weighted by Crippen LogP contribution is 2.35. The fraction of sp³-hybridized carbons (Fsp3) is 0.227. The lowest BCUT2D eigenvalue weighted by molar-refractivity contribution is -0.384. The number of carbonyl (C=O) groups is 1. The summed E-state index contributed by atoms with van der Waals surface area (Å²) >= 11 is 0. The first kappa shape index (κ1) is 21.1. The van der Waals surface area contributed by atoms with Crippen molar-refractivity contribution in [3.05, 3.63) is 100 Å². The van der Waals surface area contributed by atoms with Gasteiger partial charge >= 0.3 is 0 Å². The van der Waals surface area contributed by atoms with Crippen LogP contribution in [0.3, 0.4) is 0 Å². The average molecular weight is 405 g/mol. The van der Waals surface area contributed by atoms with Gasteiger partial charge in [-0.1, -0.05) is 24.3 Å². The van der Waals surface area contributed by atoms with Crippen molar-refractivity contribution in [3.63, 3.8) is 0 Å². The number of nitro groups is 1. The van der Waals surface area contributed by atoms with E-state index in [1.165, 1.54) is 12.1 Å². The van der Waals surface area contributed by atoms with Crippen molar-refractivity contribution < 1.29 is 9.72 Å². The Labute approximate surface area is 174 Å². The number of amides is 1. The molecule has 2 unspecified atom stereocenters. The summed E-state index contributed by atoms with van der Waals surface area (Å²) in [6.07, 6.45) is 8.60. The van der Waals surface area contributed by atoms with E-state index in [9.17, 15) is 14.9 Å². The van der Waals surface area contributed by atoms with Crippen LogP contribution in [0.15, 0.2) is 73.3 Å². The molecule has 0 aliphatic carbocycles. The first-order chi connectivity index (χ1) is 14.5.